The molecule has 0 aromatic heterocycles. The number of hydrogen-bond acceptors (Lipinski definition) is 2. The van der Waals surface area contributed by atoms with E-state index < -0.39 is 5.54 Å². The molecule has 0 saturated carbocycles. The van der Waals surface area contributed by atoms with Gasteiger partial charge in [-0.3, -0.25) is 9.59 Å². The van der Waals surface area contributed by atoms with E-state index in [4.69, 9.17) is 11.6 Å². The summed E-state index contributed by atoms with van der Waals surface area (Å²) < 4.78 is 0. The number of rotatable bonds is 4. The number of halogens is 1. The minimum absolute atomic E-state index is 0.0214. The van der Waals surface area contributed by atoms with E-state index in [0.717, 1.165) is 0 Å². The molecule has 90 valence electrons. The summed E-state index contributed by atoms with van der Waals surface area (Å²) in [6.07, 6.45) is 2.87. The number of nitrogens with zero attached hydrogens (tertiary/aromatic N) is 1. The van der Waals surface area contributed by atoms with Gasteiger partial charge in [-0.25, -0.2) is 0 Å². The molecule has 1 aliphatic rings. The molecule has 0 aromatic carbocycles. The van der Waals surface area contributed by atoms with E-state index in [-0.39, 0.29) is 18.4 Å². The van der Waals surface area contributed by atoms with Crippen LogP contribution < -0.4 is 5.32 Å². The van der Waals surface area contributed by atoms with Crippen LogP contribution in [0.15, 0.2) is 11.6 Å². The van der Waals surface area contributed by atoms with Crippen molar-refractivity contribution in [2.24, 2.45) is 0 Å². The van der Waals surface area contributed by atoms with Crippen LogP contribution in [0.2, 0.25) is 0 Å². The highest BCUT2D eigenvalue weighted by Gasteiger charge is 2.43. The van der Waals surface area contributed by atoms with Gasteiger partial charge in [-0.2, -0.15) is 0 Å². The van der Waals surface area contributed by atoms with Gasteiger partial charge >= 0.3 is 0 Å². The second kappa shape index (κ2) is 5.34. The van der Waals surface area contributed by atoms with Gasteiger partial charge in [0.05, 0.1) is 6.54 Å². The summed E-state index contributed by atoms with van der Waals surface area (Å²) in [6, 6.07) is 0. The molecule has 16 heavy (non-hydrogen) atoms. The summed E-state index contributed by atoms with van der Waals surface area (Å²) >= 11 is 5.42. The van der Waals surface area contributed by atoms with Crippen molar-refractivity contribution in [2.75, 3.05) is 13.1 Å². The maximum absolute atomic E-state index is 12.2. The van der Waals surface area contributed by atoms with Crippen LogP contribution >= 0.6 is 11.6 Å². The summed E-state index contributed by atoms with van der Waals surface area (Å²) in [5.74, 6) is -0.127. The highest BCUT2D eigenvalue weighted by Crippen LogP contribution is 2.21. The molecule has 4 nitrogen and oxygen atoms in total. The minimum atomic E-state index is -0.727. The zero-order valence-corrected chi connectivity index (χ0v) is 10.4. The summed E-state index contributed by atoms with van der Waals surface area (Å²) in [5.41, 5.74) is 0.634. The Morgan fingerprint density at radius 2 is 2.06 bits per heavy atom. The van der Waals surface area contributed by atoms with Crippen LogP contribution in [-0.2, 0) is 9.59 Å². The molecular weight excluding hydrogens is 228 g/mol. The van der Waals surface area contributed by atoms with Gasteiger partial charge < -0.3 is 10.2 Å². The van der Waals surface area contributed by atoms with Crippen molar-refractivity contribution in [3.8, 4) is 0 Å². The standard InChI is InChI=1S/C11H17ClN2O2/c1-3-11(4-2)10(16)14(7-5-6-12)8-9(15)13-11/h5-6H,3-4,7-8H2,1-2H3,(H,13,15)/b6-5+. The Labute approximate surface area is 101 Å². The predicted molar refractivity (Wildman–Crippen MR) is 63.0 cm³/mol. The Morgan fingerprint density at radius 1 is 1.44 bits per heavy atom. The molecule has 1 saturated heterocycles. The first-order valence-electron chi connectivity index (χ1n) is 5.45. The number of amides is 2. The molecule has 0 bridgehead atoms. The van der Waals surface area contributed by atoms with E-state index in [1.54, 1.807) is 6.08 Å². The highest BCUT2D eigenvalue weighted by molar-refractivity contribution is 6.25. The third-order valence-corrected chi connectivity index (χ3v) is 3.21. The van der Waals surface area contributed by atoms with Crippen LogP contribution in [0, 0.1) is 0 Å². The normalized spacial score (nSPS) is 20.3. The molecule has 1 N–H and O–H groups in total. The van der Waals surface area contributed by atoms with Crippen LogP contribution in [0.3, 0.4) is 0 Å². The molecule has 0 unspecified atom stereocenters. The van der Waals surface area contributed by atoms with E-state index in [2.05, 4.69) is 5.32 Å². The van der Waals surface area contributed by atoms with Gasteiger partial charge in [0.1, 0.15) is 5.54 Å². The van der Waals surface area contributed by atoms with Crippen molar-refractivity contribution in [1.82, 2.24) is 10.2 Å². The smallest absolute Gasteiger partial charge is 0.249 e. The lowest BCUT2D eigenvalue weighted by atomic mass is 9.89. The van der Waals surface area contributed by atoms with Crippen molar-refractivity contribution >= 4 is 23.4 Å². The molecule has 1 heterocycles. The van der Waals surface area contributed by atoms with Crippen molar-refractivity contribution in [3.05, 3.63) is 11.6 Å². The van der Waals surface area contributed by atoms with Crippen molar-refractivity contribution in [1.29, 1.82) is 0 Å². The first-order chi connectivity index (χ1) is 7.59. The molecule has 0 aliphatic carbocycles. The number of carbonyl (C=O) groups is 2. The number of nitrogens with one attached hydrogen (secondary N) is 1. The number of carbonyl (C=O) groups excluding carboxylic acids is 2. The second-order valence-corrected chi connectivity index (χ2v) is 4.14. The Bertz CT molecular complexity index is 311. The summed E-state index contributed by atoms with van der Waals surface area (Å²) in [5, 5.41) is 2.80. The van der Waals surface area contributed by atoms with E-state index in [0.29, 0.717) is 19.4 Å². The van der Waals surface area contributed by atoms with E-state index in [1.165, 1.54) is 10.4 Å². The molecular formula is C11H17ClN2O2. The molecule has 0 spiro atoms. The fourth-order valence-corrected chi connectivity index (χ4v) is 2.03. The van der Waals surface area contributed by atoms with Gasteiger partial charge in [0.15, 0.2) is 0 Å². The lowest BCUT2D eigenvalue weighted by molar-refractivity contribution is -0.149. The fourth-order valence-electron chi connectivity index (χ4n) is 1.95. The maximum atomic E-state index is 12.2. The molecule has 1 aliphatic heterocycles. The van der Waals surface area contributed by atoms with Crippen molar-refractivity contribution in [3.63, 3.8) is 0 Å². The lowest BCUT2D eigenvalue weighted by Gasteiger charge is -2.40. The molecule has 0 aromatic rings. The third-order valence-electron chi connectivity index (χ3n) is 3.03. The molecule has 0 atom stereocenters. The van der Waals surface area contributed by atoms with Crippen LogP contribution in [0.4, 0.5) is 0 Å². The monoisotopic (exact) mass is 244 g/mol. The lowest BCUT2D eigenvalue weighted by Crippen LogP contribution is -2.66. The van der Waals surface area contributed by atoms with Gasteiger partial charge in [-0.1, -0.05) is 31.5 Å². The summed E-state index contributed by atoms with van der Waals surface area (Å²) in [4.78, 5) is 25.3. The average Bonchev–Trinajstić information content (AvgIpc) is 2.30. The fraction of sp³-hybridized carbons (Fsp3) is 0.636. The van der Waals surface area contributed by atoms with Gasteiger partial charge in [0.25, 0.3) is 0 Å². The highest BCUT2D eigenvalue weighted by atomic mass is 35.5. The van der Waals surface area contributed by atoms with E-state index in [1.807, 2.05) is 13.8 Å². The summed E-state index contributed by atoms with van der Waals surface area (Å²) in [6.45, 7) is 4.31. The SMILES string of the molecule is CCC1(CC)NC(=O)CN(C/C=C/Cl)C1=O. The largest absolute Gasteiger partial charge is 0.340 e. The number of piperazine rings is 1. The zero-order valence-electron chi connectivity index (χ0n) is 9.62. The van der Waals surface area contributed by atoms with Crippen LogP contribution in [0.25, 0.3) is 0 Å². The van der Waals surface area contributed by atoms with E-state index in [9.17, 15) is 9.59 Å². The molecule has 1 rings (SSSR count). The predicted octanol–water partition coefficient (Wildman–Crippen LogP) is 1.26. The molecule has 5 heteroatoms. The Kier molecular flexibility index (Phi) is 4.35. The minimum Gasteiger partial charge on any atom is -0.340 e. The maximum Gasteiger partial charge on any atom is 0.249 e. The Morgan fingerprint density at radius 3 is 2.56 bits per heavy atom. The van der Waals surface area contributed by atoms with Crippen molar-refractivity contribution < 1.29 is 9.59 Å². The molecule has 0 radical (unpaired) electrons. The first-order valence-corrected chi connectivity index (χ1v) is 5.89. The molecule has 2 amide bonds. The van der Waals surface area contributed by atoms with Crippen molar-refractivity contribution in [2.45, 2.75) is 32.2 Å². The quantitative estimate of drug-likeness (QED) is 0.809. The Hall–Kier alpha value is -1.03. The van der Waals surface area contributed by atoms with Gasteiger partial charge in [0.2, 0.25) is 11.8 Å². The topological polar surface area (TPSA) is 49.4 Å². The Balaban J connectivity index is 2.89. The average molecular weight is 245 g/mol. The number of hydrogen-bond donors (Lipinski definition) is 1. The van der Waals surface area contributed by atoms with Crippen LogP contribution in [-0.4, -0.2) is 35.3 Å². The second-order valence-electron chi connectivity index (χ2n) is 3.88. The zero-order chi connectivity index (χ0) is 12.2. The first kappa shape index (κ1) is 13.0. The van der Waals surface area contributed by atoms with Gasteiger partial charge in [-0.15, -0.1) is 0 Å². The van der Waals surface area contributed by atoms with E-state index >= 15 is 0 Å². The summed E-state index contributed by atoms with van der Waals surface area (Å²) in [7, 11) is 0. The van der Waals surface area contributed by atoms with Crippen LogP contribution in [0.5, 0.6) is 0 Å². The molecule has 1 fully saturated rings. The van der Waals surface area contributed by atoms with Gasteiger partial charge in [0, 0.05) is 12.1 Å². The van der Waals surface area contributed by atoms with Gasteiger partial charge in [-0.05, 0) is 12.8 Å². The third kappa shape index (κ3) is 2.38. The van der Waals surface area contributed by atoms with Crippen LogP contribution in [0.1, 0.15) is 26.7 Å².